The molecule has 1 saturated heterocycles. The Morgan fingerprint density at radius 3 is 2.53 bits per heavy atom. The van der Waals surface area contributed by atoms with Gasteiger partial charge in [-0.2, -0.15) is 0 Å². The summed E-state index contributed by atoms with van der Waals surface area (Å²) in [5, 5.41) is 6.46. The maximum absolute atomic E-state index is 12.8. The van der Waals surface area contributed by atoms with Crippen molar-refractivity contribution in [3.05, 3.63) is 83.6 Å². The minimum Gasteiger partial charge on any atom is -0.464 e. The zero-order valence-corrected chi connectivity index (χ0v) is 17.1. The maximum atomic E-state index is 12.8. The Labute approximate surface area is 176 Å². The number of hydrogen-bond acceptors (Lipinski definition) is 2. The average Bonchev–Trinajstić information content (AvgIpc) is 3.43. The van der Waals surface area contributed by atoms with Crippen LogP contribution in [-0.2, 0) is 24.3 Å². The Balaban J connectivity index is 1.30. The van der Waals surface area contributed by atoms with Crippen LogP contribution in [0.2, 0.25) is 0 Å². The van der Waals surface area contributed by atoms with Gasteiger partial charge in [-0.15, -0.1) is 0 Å². The molecule has 4 nitrogen and oxygen atoms in total. The number of quaternary nitrogens is 1. The van der Waals surface area contributed by atoms with Gasteiger partial charge in [-0.3, -0.25) is 4.79 Å². The van der Waals surface area contributed by atoms with E-state index in [2.05, 4.69) is 47.8 Å². The average molecular weight is 400 g/mol. The molecular weight excluding hydrogens is 372 g/mol. The molecule has 2 N–H and O–H groups in total. The van der Waals surface area contributed by atoms with Gasteiger partial charge in [0.25, 0.3) is 0 Å². The molecule has 0 radical (unpaired) electrons. The predicted molar refractivity (Wildman–Crippen MR) is 119 cm³/mol. The molecule has 0 spiro atoms. The van der Waals surface area contributed by atoms with Gasteiger partial charge in [0.15, 0.2) is 0 Å². The number of hydrogen-bond donors (Lipinski definition) is 2. The molecule has 4 aromatic rings. The van der Waals surface area contributed by atoms with E-state index in [-0.39, 0.29) is 5.91 Å². The molecule has 1 fully saturated rings. The van der Waals surface area contributed by atoms with E-state index in [0.29, 0.717) is 13.0 Å². The largest absolute Gasteiger partial charge is 0.464 e. The molecule has 0 saturated carbocycles. The van der Waals surface area contributed by atoms with E-state index in [1.54, 1.807) is 11.2 Å². The lowest BCUT2D eigenvalue weighted by Crippen LogP contribution is -3.08. The molecule has 0 aliphatic carbocycles. The molecule has 152 valence electrons. The molecule has 1 aliphatic rings. The summed E-state index contributed by atoms with van der Waals surface area (Å²) in [7, 11) is 0. The SMILES string of the molecule is O=C(Cc1coc2ccc3ccccc3c12)NCc1ccccc1C[NH+]1CCCC1. The van der Waals surface area contributed by atoms with Gasteiger partial charge < -0.3 is 14.6 Å². The number of amides is 1. The van der Waals surface area contributed by atoms with Crippen LogP contribution in [0.4, 0.5) is 0 Å². The van der Waals surface area contributed by atoms with E-state index >= 15 is 0 Å². The second kappa shape index (κ2) is 8.33. The van der Waals surface area contributed by atoms with Crippen LogP contribution >= 0.6 is 0 Å². The molecule has 1 aromatic heterocycles. The quantitative estimate of drug-likeness (QED) is 0.520. The van der Waals surface area contributed by atoms with Crippen LogP contribution in [0.3, 0.4) is 0 Å². The van der Waals surface area contributed by atoms with Crippen molar-refractivity contribution in [2.75, 3.05) is 13.1 Å². The lowest BCUT2D eigenvalue weighted by atomic mass is 10.0. The normalized spacial score (nSPS) is 14.5. The highest BCUT2D eigenvalue weighted by atomic mass is 16.3. The van der Waals surface area contributed by atoms with Crippen molar-refractivity contribution in [3.63, 3.8) is 0 Å². The van der Waals surface area contributed by atoms with Crippen LogP contribution in [0.25, 0.3) is 21.7 Å². The molecule has 1 amide bonds. The zero-order valence-electron chi connectivity index (χ0n) is 17.1. The number of likely N-dealkylation sites (tertiary alicyclic amines) is 1. The second-order valence-electron chi connectivity index (χ2n) is 8.28. The van der Waals surface area contributed by atoms with Gasteiger partial charge in [-0.25, -0.2) is 0 Å². The van der Waals surface area contributed by atoms with Crippen molar-refractivity contribution in [1.29, 1.82) is 0 Å². The van der Waals surface area contributed by atoms with Crippen LogP contribution in [0.1, 0.15) is 29.5 Å². The van der Waals surface area contributed by atoms with Gasteiger partial charge in [0.2, 0.25) is 5.91 Å². The standard InChI is InChI=1S/C26H26N2O2/c29-25(27-16-20-8-1-2-9-21(20)17-28-13-5-6-14-28)15-22-18-30-24-12-11-19-7-3-4-10-23(19)26(22)24/h1-4,7-12,18H,5-6,13-17H2,(H,27,29)/p+1. The molecule has 2 heterocycles. The lowest BCUT2D eigenvalue weighted by molar-refractivity contribution is -0.901. The zero-order chi connectivity index (χ0) is 20.3. The van der Waals surface area contributed by atoms with E-state index in [9.17, 15) is 4.79 Å². The van der Waals surface area contributed by atoms with Gasteiger partial charge >= 0.3 is 0 Å². The van der Waals surface area contributed by atoms with Gasteiger partial charge in [-0.05, 0) is 22.4 Å². The summed E-state index contributed by atoms with van der Waals surface area (Å²) in [5.74, 6) is 0.0222. The number of rotatable bonds is 6. The molecule has 0 bridgehead atoms. The molecule has 4 heteroatoms. The molecule has 5 rings (SSSR count). The topological polar surface area (TPSA) is 46.7 Å². The Morgan fingerprint density at radius 2 is 1.67 bits per heavy atom. The van der Waals surface area contributed by atoms with Crippen LogP contribution < -0.4 is 10.2 Å². The van der Waals surface area contributed by atoms with Crippen LogP contribution in [0.5, 0.6) is 0 Å². The van der Waals surface area contributed by atoms with Crippen molar-refractivity contribution >= 4 is 27.6 Å². The van der Waals surface area contributed by atoms with Crippen molar-refractivity contribution < 1.29 is 14.1 Å². The highest BCUT2D eigenvalue weighted by Crippen LogP contribution is 2.30. The molecule has 0 unspecified atom stereocenters. The van der Waals surface area contributed by atoms with E-state index in [1.165, 1.54) is 37.1 Å². The Bertz CT molecular complexity index is 1190. The van der Waals surface area contributed by atoms with E-state index in [4.69, 9.17) is 4.42 Å². The first-order chi connectivity index (χ1) is 14.8. The molecule has 30 heavy (non-hydrogen) atoms. The number of carbonyl (C=O) groups is 1. The fourth-order valence-corrected chi connectivity index (χ4v) is 4.66. The fourth-order valence-electron chi connectivity index (χ4n) is 4.66. The van der Waals surface area contributed by atoms with Gasteiger partial charge in [0.05, 0.1) is 25.8 Å². The second-order valence-corrected chi connectivity index (χ2v) is 8.28. The molecule has 3 aromatic carbocycles. The third-order valence-corrected chi connectivity index (χ3v) is 6.24. The highest BCUT2D eigenvalue weighted by molar-refractivity contribution is 6.08. The third-order valence-electron chi connectivity index (χ3n) is 6.24. The maximum Gasteiger partial charge on any atom is 0.224 e. The van der Waals surface area contributed by atoms with Crippen LogP contribution in [-0.4, -0.2) is 19.0 Å². The summed E-state index contributed by atoms with van der Waals surface area (Å²) < 4.78 is 5.73. The highest BCUT2D eigenvalue weighted by Gasteiger charge is 2.18. The first kappa shape index (κ1) is 18.9. The Kier molecular flexibility index (Phi) is 5.24. The summed E-state index contributed by atoms with van der Waals surface area (Å²) >= 11 is 0. The summed E-state index contributed by atoms with van der Waals surface area (Å²) in [6, 6.07) is 20.8. The lowest BCUT2D eigenvalue weighted by Gasteiger charge is -2.15. The van der Waals surface area contributed by atoms with E-state index in [1.807, 2.05) is 18.2 Å². The Hall–Kier alpha value is -3.11. The summed E-state index contributed by atoms with van der Waals surface area (Å²) in [6.45, 7) is 4.12. The number of furan rings is 1. The Morgan fingerprint density at radius 1 is 0.900 bits per heavy atom. The summed E-state index contributed by atoms with van der Waals surface area (Å²) in [4.78, 5) is 14.4. The van der Waals surface area contributed by atoms with E-state index in [0.717, 1.165) is 33.8 Å². The summed E-state index contributed by atoms with van der Waals surface area (Å²) in [6.07, 6.45) is 4.69. The third kappa shape index (κ3) is 3.83. The van der Waals surface area contributed by atoms with Gasteiger partial charge in [0.1, 0.15) is 12.1 Å². The monoisotopic (exact) mass is 399 g/mol. The van der Waals surface area contributed by atoms with Crippen molar-refractivity contribution in [3.8, 4) is 0 Å². The number of fused-ring (bicyclic) bond motifs is 3. The smallest absolute Gasteiger partial charge is 0.224 e. The minimum absolute atomic E-state index is 0.0222. The molecule has 0 atom stereocenters. The number of nitrogens with one attached hydrogen (secondary N) is 2. The fraction of sp³-hybridized carbons (Fsp3) is 0.269. The number of carbonyl (C=O) groups excluding carboxylic acids is 1. The van der Waals surface area contributed by atoms with Crippen LogP contribution in [0, 0.1) is 0 Å². The van der Waals surface area contributed by atoms with E-state index < -0.39 is 0 Å². The molecule has 1 aliphatic heterocycles. The predicted octanol–water partition coefficient (Wildman–Crippen LogP) is 3.62. The minimum atomic E-state index is 0.0222. The van der Waals surface area contributed by atoms with Crippen molar-refractivity contribution in [2.45, 2.75) is 32.4 Å². The first-order valence-corrected chi connectivity index (χ1v) is 10.8. The number of benzene rings is 3. The summed E-state index contributed by atoms with van der Waals surface area (Å²) in [5.41, 5.74) is 4.33. The molecular formula is C26H27N2O2+. The first-order valence-electron chi connectivity index (χ1n) is 10.8. The van der Waals surface area contributed by atoms with Gasteiger partial charge in [0, 0.05) is 35.9 Å². The van der Waals surface area contributed by atoms with Crippen LogP contribution in [0.15, 0.2) is 71.3 Å². The van der Waals surface area contributed by atoms with Crippen molar-refractivity contribution in [1.82, 2.24) is 5.32 Å². The van der Waals surface area contributed by atoms with Crippen molar-refractivity contribution in [2.24, 2.45) is 0 Å². The van der Waals surface area contributed by atoms with Gasteiger partial charge in [-0.1, -0.05) is 54.6 Å².